The molecular weight excluding hydrogens is 160 g/mol. The van der Waals surface area contributed by atoms with Gasteiger partial charge in [0.2, 0.25) is 0 Å². The van der Waals surface area contributed by atoms with E-state index in [1.165, 1.54) is 24.8 Å². The molecule has 13 heavy (non-hydrogen) atoms. The Hall–Kier alpha value is -0.300. The molecule has 74 valence electrons. The van der Waals surface area contributed by atoms with Crippen molar-refractivity contribution in [2.45, 2.75) is 57.4 Å². The molecule has 0 aromatic carbocycles. The van der Waals surface area contributed by atoms with Crippen LogP contribution in [0.5, 0.6) is 0 Å². The van der Waals surface area contributed by atoms with E-state index in [0.29, 0.717) is 6.42 Å². The molecule has 0 aliphatic heterocycles. The highest BCUT2D eigenvalue weighted by Gasteiger charge is 2.26. The maximum absolute atomic E-state index is 10.0. The van der Waals surface area contributed by atoms with Crippen LogP contribution in [0.4, 0.5) is 0 Å². The molecule has 1 N–H and O–H groups in total. The molecule has 1 nitrogen and oxygen atoms in total. The van der Waals surface area contributed by atoms with Gasteiger partial charge in [-0.05, 0) is 38.5 Å². The Kier molecular flexibility index (Phi) is 2.65. The molecule has 2 aliphatic carbocycles. The molecular formula is C12H20O. The van der Waals surface area contributed by atoms with Crippen molar-refractivity contribution in [1.29, 1.82) is 0 Å². The molecule has 0 bridgehead atoms. The predicted octanol–water partition coefficient (Wildman–Crippen LogP) is 3.04. The topological polar surface area (TPSA) is 20.2 Å². The fourth-order valence-electron chi connectivity index (χ4n) is 2.57. The largest absolute Gasteiger partial charge is 0.393 e. The first-order chi connectivity index (χ1) is 6.70. The normalized spacial score (nSPS) is 42.4. The average molecular weight is 181 g/mol. The van der Waals surface area contributed by atoms with Crippen LogP contribution in [0, 0.1) is 5.92 Å². The van der Waals surface area contributed by atoms with Gasteiger partial charge in [-0.15, -0.1) is 0 Å². The van der Waals surface area contributed by atoms with Gasteiger partial charge >= 0.3 is 0 Å². The lowest BCUT2D eigenvalue weighted by molar-refractivity contribution is 0.0849. The monoisotopic (exact) mass is 181 g/mol. The van der Waals surface area contributed by atoms with Crippen molar-refractivity contribution in [3.05, 3.63) is 11.6 Å². The van der Waals surface area contributed by atoms with Crippen LogP contribution in [0.25, 0.3) is 0 Å². The van der Waals surface area contributed by atoms with Crippen LogP contribution in [-0.4, -0.2) is 11.2 Å². The van der Waals surface area contributed by atoms with Gasteiger partial charge in [0.05, 0.1) is 7.45 Å². The molecule has 0 amide bonds. The highest BCUT2D eigenvalue weighted by Crippen LogP contribution is 2.34. The van der Waals surface area contributed by atoms with Crippen LogP contribution in [0.2, 0.25) is 0 Å². The number of hydrogen-bond acceptors (Lipinski definition) is 1. The van der Waals surface area contributed by atoms with E-state index < -0.39 is 6.08 Å². The van der Waals surface area contributed by atoms with Crippen molar-refractivity contribution in [3.63, 3.8) is 0 Å². The fourth-order valence-corrected chi connectivity index (χ4v) is 2.57. The second-order valence-electron chi connectivity index (χ2n) is 4.31. The Morgan fingerprint density at radius 1 is 1.23 bits per heavy atom. The molecule has 0 saturated heterocycles. The first-order valence-corrected chi connectivity index (χ1v) is 5.61. The van der Waals surface area contributed by atoms with Crippen LogP contribution in [-0.2, 0) is 0 Å². The first kappa shape index (κ1) is 8.05. The molecule has 1 saturated carbocycles. The minimum atomic E-state index is -1.17. The Labute approximate surface area is 82.3 Å². The molecule has 1 heteroatoms. The smallest absolute Gasteiger partial charge is 0.0607 e. The third kappa shape index (κ3) is 2.14. The van der Waals surface area contributed by atoms with Crippen LogP contribution in [0.15, 0.2) is 11.6 Å². The van der Waals surface area contributed by atoms with E-state index in [1.807, 2.05) is 0 Å². The number of allylic oxidation sites excluding steroid dienone is 1. The molecule has 2 atom stereocenters. The SMILES string of the molecule is [2H]C1(O)CCCCC1C1=CCCCC1. The van der Waals surface area contributed by atoms with Gasteiger partial charge < -0.3 is 5.11 Å². The summed E-state index contributed by atoms with van der Waals surface area (Å²) < 4.78 is 7.93. The second kappa shape index (κ2) is 4.28. The molecule has 2 unspecified atom stereocenters. The summed E-state index contributed by atoms with van der Waals surface area (Å²) in [6.45, 7) is 0. The molecule has 2 rings (SSSR count). The summed E-state index contributed by atoms with van der Waals surface area (Å²) in [4.78, 5) is 0. The van der Waals surface area contributed by atoms with Crippen molar-refractivity contribution in [2.24, 2.45) is 5.92 Å². The van der Waals surface area contributed by atoms with Gasteiger partial charge in [0.15, 0.2) is 0 Å². The zero-order valence-corrected chi connectivity index (χ0v) is 8.26. The molecule has 0 spiro atoms. The zero-order valence-electron chi connectivity index (χ0n) is 9.26. The highest BCUT2D eigenvalue weighted by atomic mass is 16.3. The fraction of sp³-hybridized carbons (Fsp3) is 0.833. The molecule has 0 radical (unpaired) electrons. The van der Waals surface area contributed by atoms with Crippen molar-refractivity contribution in [1.82, 2.24) is 0 Å². The lowest BCUT2D eigenvalue weighted by atomic mass is 9.78. The Balaban J connectivity index is 2.10. The Bertz CT molecular complexity index is 232. The van der Waals surface area contributed by atoms with Crippen LogP contribution < -0.4 is 0 Å². The summed E-state index contributed by atoms with van der Waals surface area (Å²) >= 11 is 0. The summed E-state index contributed by atoms with van der Waals surface area (Å²) in [5.74, 6) is 0.136. The van der Waals surface area contributed by atoms with E-state index in [2.05, 4.69) is 6.08 Å². The summed E-state index contributed by atoms with van der Waals surface area (Å²) in [5.41, 5.74) is 1.37. The van der Waals surface area contributed by atoms with Gasteiger partial charge in [0, 0.05) is 5.92 Å². The Morgan fingerprint density at radius 3 is 2.77 bits per heavy atom. The highest BCUT2D eigenvalue weighted by molar-refractivity contribution is 5.11. The lowest BCUT2D eigenvalue weighted by Crippen LogP contribution is -2.26. The van der Waals surface area contributed by atoms with E-state index in [1.54, 1.807) is 0 Å². The zero-order chi connectivity index (χ0) is 10.0. The van der Waals surface area contributed by atoms with Gasteiger partial charge in [-0.25, -0.2) is 0 Å². The Morgan fingerprint density at radius 2 is 2.08 bits per heavy atom. The number of rotatable bonds is 1. The standard InChI is InChI=1S/C12H20O/c13-12-9-5-4-8-11(12)10-6-2-1-3-7-10/h6,11-13H,1-5,7-9H2/i12D. The summed E-state index contributed by atoms with van der Waals surface area (Å²) in [5, 5.41) is 10.0. The summed E-state index contributed by atoms with van der Waals surface area (Å²) in [7, 11) is 0. The van der Waals surface area contributed by atoms with E-state index in [0.717, 1.165) is 25.7 Å². The van der Waals surface area contributed by atoms with Gasteiger partial charge in [0.1, 0.15) is 0 Å². The van der Waals surface area contributed by atoms with E-state index in [4.69, 9.17) is 1.37 Å². The summed E-state index contributed by atoms with van der Waals surface area (Å²) in [6.07, 6.45) is 9.80. The molecule has 0 aromatic rings. The maximum Gasteiger partial charge on any atom is 0.0607 e. The third-order valence-electron chi connectivity index (χ3n) is 3.35. The first-order valence-electron chi connectivity index (χ1n) is 6.11. The summed E-state index contributed by atoms with van der Waals surface area (Å²) in [6, 6.07) is 0. The van der Waals surface area contributed by atoms with Gasteiger partial charge in [-0.1, -0.05) is 24.5 Å². The van der Waals surface area contributed by atoms with E-state index in [-0.39, 0.29) is 5.92 Å². The van der Waals surface area contributed by atoms with Gasteiger partial charge in [-0.3, -0.25) is 0 Å². The van der Waals surface area contributed by atoms with Crippen molar-refractivity contribution < 1.29 is 6.48 Å². The van der Waals surface area contributed by atoms with Crippen molar-refractivity contribution in [3.8, 4) is 0 Å². The average Bonchev–Trinajstić information content (AvgIpc) is 2.18. The second-order valence-corrected chi connectivity index (χ2v) is 4.31. The predicted molar refractivity (Wildman–Crippen MR) is 54.5 cm³/mol. The molecule has 2 aliphatic rings. The van der Waals surface area contributed by atoms with Crippen molar-refractivity contribution in [2.75, 3.05) is 0 Å². The van der Waals surface area contributed by atoms with Gasteiger partial charge in [0.25, 0.3) is 0 Å². The third-order valence-corrected chi connectivity index (χ3v) is 3.35. The maximum atomic E-state index is 10.0. The quantitative estimate of drug-likeness (QED) is 0.616. The van der Waals surface area contributed by atoms with Crippen LogP contribution >= 0.6 is 0 Å². The minimum Gasteiger partial charge on any atom is -0.393 e. The van der Waals surface area contributed by atoms with Crippen LogP contribution in [0.1, 0.15) is 52.7 Å². The van der Waals surface area contributed by atoms with Crippen LogP contribution in [0.3, 0.4) is 0 Å². The lowest BCUT2D eigenvalue weighted by Gasteiger charge is -2.31. The number of aliphatic hydroxyl groups is 1. The molecule has 0 aromatic heterocycles. The molecule has 1 fully saturated rings. The molecule has 0 heterocycles. The van der Waals surface area contributed by atoms with E-state index >= 15 is 0 Å². The number of hydrogen-bond donors (Lipinski definition) is 1. The van der Waals surface area contributed by atoms with Gasteiger partial charge in [-0.2, -0.15) is 0 Å². The minimum absolute atomic E-state index is 0.136. The van der Waals surface area contributed by atoms with Crippen molar-refractivity contribution >= 4 is 0 Å². The van der Waals surface area contributed by atoms with E-state index in [9.17, 15) is 5.11 Å².